The Labute approximate surface area is 126 Å². The van der Waals surface area contributed by atoms with Gasteiger partial charge in [-0.15, -0.1) is 0 Å². The van der Waals surface area contributed by atoms with Crippen LogP contribution < -0.4 is 10.2 Å². The number of nitrogens with one attached hydrogen (secondary N) is 1. The molecule has 0 aliphatic heterocycles. The summed E-state index contributed by atoms with van der Waals surface area (Å²) in [7, 11) is 2.11. The van der Waals surface area contributed by atoms with Crippen LogP contribution in [0, 0.1) is 0 Å². The molecule has 4 heteroatoms. The smallest absolute Gasteiger partial charge is 0.0642 e. The quantitative estimate of drug-likeness (QED) is 0.730. The van der Waals surface area contributed by atoms with Crippen LogP contribution in [0.15, 0.2) is 18.2 Å². The summed E-state index contributed by atoms with van der Waals surface area (Å²) in [5.41, 5.74) is 2.36. The maximum absolute atomic E-state index is 6.41. The third kappa shape index (κ3) is 5.25. The fraction of sp³-hybridized carbons (Fsp3) is 0.600. The topological polar surface area (TPSA) is 15.3 Å². The second-order valence-corrected chi connectivity index (χ2v) is 6.20. The highest BCUT2D eigenvalue weighted by atomic mass is 35.5. The summed E-state index contributed by atoms with van der Waals surface area (Å²) in [6.45, 7) is 6.33. The highest BCUT2D eigenvalue weighted by Crippen LogP contribution is 2.28. The SMILES string of the molecule is CCCNCc1ccc(N(C)C(C)CSC)c(Cl)c1. The van der Waals surface area contributed by atoms with Crippen LogP contribution in [0.5, 0.6) is 0 Å². The van der Waals surface area contributed by atoms with E-state index in [1.165, 1.54) is 5.56 Å². The van der Waals surface area contributed by atoms with E-state index in [4.69, 9.17) is 11.6 Å². The van der Waals surface area contributed by atoms with Gasteiger partial charge in [0.15, 0.2) is 0 Å². The molecule has 1 N–H and O–H groups in total. The van der Waals surface area contributed by atoms with Crippen molar-refractivity contribution in [2.75, 3.05) is 30.5 Å². The van der Waals surface area contributed by atoms with Gasteiger partial charge < -0.3 is 10.2 Å². The van der Waals surface area contributed by atoms with E-state index in [1.54, 1.807) is 0 Å². The van der Waals surface area contributed by atoms with Gasteiger partial charge >= 0.3 is 0 Å². The van der Waals surface area contributed by atoms with Crippen molar-refractivity contribution in [3.8, 4) is 0 Å². The Hall–Kier alpha value is -0.380. The number of thioether (sulfide) groups is 1. The molecule has 1 aromatic rings. The van der Waals surface area contributed by atoms with Gasteiger partial charge in [-0.2, -0.15) is 11.8 Å². The van der Waals surface area contributed by atoms with E-state index < -0.39 is 0 Å². The molecule has 2 nitrogen and oxygen atoms in total. The summed E-state index contributed by atoms with van der Waals surface area (Å²) < 4.78 is 0. The molecule has 0 aromatic heterocycles. The Bertz CT molecular complexity index is 384. The number of hydrogen-bond acceptors (Lipinski definition) is 3. The van der Waals surface area contributed by atoms with E-state index in [1.807, 2.05) is 11.8 Å². The first-order chi connectivity index (χ1) is 9.10. The number of hydrogen-bond donors (Lipinski definition) is 1. The van der Waals surface area contributed by atoms with Crippen molar-refractivity contribution in [1.29, 1.82) is 0 Å². The average Bonchev–Trinajstić information content (AvgIpc) is 2.39. The van der Waals surface area contributed by atoms with Gasteiger partial charge in [0.25, 0.3) is 0 Å². The molecule has 1 atom stereocenters. The van der Waals surface area contributed by atoms with Crippen LogP contribution in [0.25, 0.3) is 0 Å². The van der Waals surface area contributed by atoms with Crippen LogP contribution >= 0.6 is 23.4 Å². The standard InChI is InChI=1S/C15H25ClN2S/c1-5-8-17-10-13-6-7-15(14(16)9-13)18(3)12(2)11-19-4/h6-7,9,12,17H,5,8,10-11H2,1-4H3. The summed E-state index contributed by atoms with van der Waals surface area (Å²) in [5, 5.41) is 4.23. The van der Waals surface area contributed by atoms with Crippen molar-refractivity contribution in [2.45, 2.75) is 32.9 Å². The van der Waals surface area contributed by atoms with Crippen LogP contribution in [0.1, 0.15) is 25.8 Å². The van der Waals surface area contributed by atoms with Gasteiger partial charge in [0, 0.05) is 25.4 Å². The van der Waals surface area contributed by atoms with Crippen molar-refractivity contribution in [1.82, 2.24) is 5.32 Å². The predicted octanol–water partition coefficient (Wildman–Crippen LogP) is 4.03. The third-order valence-corrected chi connectivity index (χ3v) is 4.34. The molecule has 19 heavy (non-hydrogen) atoms. The van der Waals surface area contributed by atoms with E-state index in [2.05, 4.69) is 55.6 Å². The number of benzene rings is 1. The summed E-state index contributed by atoms with van der Waals surface area (Å²) in [5.74, 6) is 1.10. The van der Waals surface area contributed by atoms with Crippen molar-refractivity contribution in [3.05, 3.63) is 28.8 Å². The molecule has 0 aliphatic rings. The van der Waals surface area contributed by atoms with Crippen molar-refractivity contribution < 1.29 is 0 Å². The predicted molar refractivity (Wildman–Crippen MR) is 89.7 cm³/mol. The summed E-state index contributed by atoms with van der Waals surface area (Å²) >= 11 is 8.27. The van der Waals surface area contributed by atoms with Crippen molar-refractivity contribution in [3.63, 3.8) is 0 Å². The molecule has 0 heterocycles. The number of anilines is 1. The lowest BCUT2D eigenvalue weighted by Crippen LogP contribution is -2.31. The van der Waals surface area contributed by atoms with Crippen LogP contribution in [0.4, 0.5) is 5.69 Å². The number of rotatable bonds is 8. The Kier molecular flexibility index (Phi) is 7.66. The zero-order valence-corrected chi connectivity index (χ0v) is 13.9. The summed E-state index contributed by atoms with van der Waals surface area (Å²) in [4.78, 5) is 2.25. The first-order valence-corrected chi connectivity index (χ1v) is 8.58. The van der Waals surface area contributed by atoms with E-state index in [-0.39, 0.29) is 0 Å². The van der Waals surface area contributed by atoms with Crippen LogP contribution in [-0.2, 0) is 6.54 Å². The molecule has 0 aliphatic carbocycles. The van der Waals surface area contributed by atoms with Gasteiger partial charge in [0.05, 0.1) is 10.7 Å². The Morgan fingerprint density at radius 1 is 1.42 bits per heavy atom. The van der Waals surface area contributed by atoms with Crippen molar-refractivity contribution in [2.24, 2.45) is 0 Å². The summed E-state index contributed by atoms with van der Waals surface area (Å²) in [6, 6.07) is 6.84. The largest absolute Gasteiger partial charge is 0.370 e. The maximum atomic E-state index is 6.41. The van der Waals surface area contributed by atoms with E-state index in [9.17, 15) is 0 Å². The zero-order chi connectivity index (χ0) is 14.3. The van der Waals surface area contributed by atoms with Crippen LogP contribution in [-0.4, -0.2) is 31.6 Å². The molecule has 108 valence electrons. The number of nitrogens with zero attached hydrogens (tertiary/aromatic N) is 1. The lowest BCUT2D eigenvalue weighted by atomic mass is 10.1. The van der Waals surface area contributed by atoms with E-state index in [0.29, 0.717) is 6.04 Å². The summed E-state index contributed by atoms with van der Waals surface area (Å²) in [6.07, 6.45) is 3.29. The van der Waals surface area contributed by atoms with Gasteiger partial charge in [-0.05, 0) is 43.8 Å². The molecule has 0 saturated heterocycles. The minimum absolute atomic E-state index is 0.483. The second kappa shape index (κ2) is 8.72. The minimum Gasteiger partial charge on any atom is -0.370 e. The Morgan fingerprint density at radius 2 is 2.16 bits per heavy atom. The van der Waals surface area contributed by atoms with Gasteiger partial charge in [0.1, 0.15) is 0 Å². The molecule has 1 rings (SSSR count). The molecule has 0 bridgehead atoms. The molecule has 0 fully saturated rings. The van der Waals surface area contributed by atoms with Crippen molar-refractivity contribution >= 4 is 29.1 Å². The van der Waals surface area contributed by atoms with E-state index in [0.717, 1.165) is 36.0 Å². The molecule has 0 spiro atoms. The molecule has 0 amide bonds. The molecular formula is C15H25ClN2S. The molecule has 0 saturated carbocycles. The normalized spacial score (nSPS) is 12.5. The molecule has 1 aromatic carbocycles. The fourth-order valence-corrected chi connectivity index (χ4v) is 2.99. The third-order valence-electron chi connectivity index (χ3n) is 3.22. The first-order valence-electron chi connectivity index (χ1n) is 6.81. The first kappa shape index (κ1) is 16.7. The average molecular weight is 301 g/mol. The Morgan fingerprint density at radius 3 is 2.74 bits per heavy atom. The minimum atomic E-state index is 0.483. The monoisotopic (exact) mass is 300 g/mol. The highest BCUT2D eigenvalue weighted by Gasteiger charge is 2.12. The van der Waals surface area contributed by atoms with E-state index >= 15 is 0 Å². The van der Waals surface area contributed by atoms with Gasteiger partial charge in [0.2, 0.25) is 0 Å². The zero-order valence-electron chi connectivity index (χ0n) is 12.4. The van der Waals surface area contributed by atoms with Crippen LogP contribution in [0.2, 0.25) is 5.02 Å². The lowest BCUT2D eigenvalue weighted by molar-refractivity contribution is 0.675. The number of halogens is 1. The second-order valence-electron chi connectivity index (χ2n) is 4.88. The molecular weight excluding hydrogens is 276 g/mol. The Balaban J connectivity index is 2.70. The van der Waals surface area contributed by atoms with Crippen LogP contribution in [0.3, 0.4) is 0 Å². The van der Waals surface area contributed by atoms with Gasteiger partial charge in [-0.1, -0.05) is 24.6 Å². The lowest BCUT2D eigenvalue weighted by Gasteiger charge is -2.27. The highest BCUT2D eigenvalue weighted by molar-refractivity contribution is 7.98. The van der Waals surface area contributed by atoms with Gasteiger partial charge in [-0.25, -0.2) is 0 Å². The maximum Gasteiger partial charge on any atom is 0.0642 e. The molecule has 0 radical (unpaired) electrons. The fourth-order valence-electron chi connectivity index (χ4n) is 1.95. The van der Waals surface area contributed by atoms with Gasteiger partial charge in [-0.3, -0.25) is 0 Å². The molecule has 1 unspecified atom stereocenters.